The van der Waals surface area contributed by atoms with E-state index in [2.05, 4.69) is 0 Å². The first-order chi connectivity index (χ1) is 13.8. The first kappa shape index (κ1) is 21.6. The molecular weight excluding hydrogens is 382 g/mol. The highest BCUT2D eigenvalue weighted by Crippen LogP contribution is 2.37. The highest BCUT2D eigenvalue weighted by molar-refractivity contribution is 6.19. The fourth-order valence-electron chi connectivity index (χ4n) is 2.87. The van der Waals surface area contributed by atoms with E-state index < -0.39 is 16.7 Å². The molecule has 0 saturated heterocycles. The van der Waals surface area contributed by atoms with Crippen LogP contribution in [0.1, 0.15) is 18.9 Å². The van der Waals surface area contributed by atoms with Crippen LogP contribution in [-0.4, -0.2) is 54.1 Å². The second kappa shape index (κ2) is 8.99. The molecular formula is C19H19N3O7. The van der Waals surface area contributed by atoms with Gasteiger partial charge in [-0.3, -0.25) is 24.6 Å². The van der Waals surface area contributed by atoms with Gasteiger partial charge in [0.25, 0.3) is 17.5 Å². The molecule has 10 heteroatoms. The predicted octanol–water partition coefficient (Wildman–Crippen LogP) is 1.59. The Kier molecular flexibility index (Phi) is 6.69. The quantitative estimate of drug-likeness (QED) is 0.314. The van der Waals surface area contributed by atoms with Crippen molar-refractivity contribution in [3.63, 3.8) is 0 Å². The average molecular weight is 401 g/mol. The summed E-state index contributed by atoms with van der Waals surface area (Å²) in [6.07, 6.45) is 1.38. The molecule has 0 fully saturated rings. The first-order valence-electron chi connectivity index (χ1n) is 8.51. The maximum atomic E-state index is 12.9. The van der Waals surface area contributed by atoms with Crippen molar-refractivity contribution < 1.29 is 29.1 Å². The number of hydrogen-bond acceptors (Lipinski definition) is 8. The number of aliphatic hydroxyl groups is 1. The second-order valence-electron chi connectivity index (χ2n) is 6.03. The Bertz CT molecular complexity index is 973. The number of benzene rings is 1. The number of hydrogen-bond donors (Lipinski definition) is 1. The van der Waals surface area contributed by atoms with Crippen molar-refractivity contribution in [2.24, 2.45) is 0 Å². The lowest BCUT2D eigenvalue weighted by Gasteiger charge is -2.27. The van der Waals surface area contributed by atoms with Gasteiger partial charge in [-0.05, 0) is 31.1 Å². The standard InChI is InChI=1S/C19H19N3O7/c1-11-13(18(24)21(5-4-6-23)19(25)14(11)10-20)7-12-8-16(28-2)17(29-3)9-15(12)22(26)27/h7-9,23H,4-6H2,1-3H3/b13-7+. The van der Waals surface area contributed by atoms with Gasteiger partial charge >= 0.3 is 0 Å². The van der Waals surface area contributed by atoms with E-state index in [9.17, 15) is 25.0 Å². The van der Waals surface area contributed by atoms with Crippen LogP contribution in [0.2, 0.25) is 0 Å². The van der Waals surface area contributed by atoms with E-state index in [1.807, 2.05) is 0 Å². The molecule has 1 aliphatic heterocycles. The maximum Gasteiger partial charge on any atom is 0.280 e. The average Bonchev–Trinajstić information content (AvgIpc) is 2.70. The number of aliphatic hydroxyl groups excluding tert-OH is 1. The van der Waals surface area contributed by atoms with Crippen molar-refractivity contribution in [3.05, 3.63) is 44.5 Å². The number of amides is 2. The summed E-state index contributed by atoms with van der Waals surface area (Å²) >= 11 is 0. The molecule has 1 N–H and O–H groups in total. The molecule has 1 aromatic carbocycles. The van der Waals surface area contributed by atoms with Gasteiger partial charge in [0.05, 0.1) is 30.8 Å². The fourth-order valence-corrected chi connectivity index (χ4v) is 2.87. The molecule has 0 radical (unpaired) electrons. The molecule has 0 aliphatic carbocycles. The topological polar surface area (TPSA) is 143 Å². The minimum atomic E-state index is -0.762. The van der Waals surface area contributed by atoms with E-state index in [4.69, 9.17) is 14.6 Å². The molecule has 29 heavy (non-hydrogen) atoms. The van der Waals surface area contributed by atoms with Gasteiger partial charge in [0, 0.05) is 18.7 Å². The summed E-state index contributed by atoms with van der Waals surface area (Å²) in [5.74, 6) is -1.11. The van der Waals surface area contributed by atoms with Crippen molar-refractivity contribution in [1.82, 2.24) is 4.90 Å². The van der Waals surface area contributed by atoms with Gasteiger partial charge in [0.15, 0.2) is 11.5 Å². The number of methoxy groups -OCH3 is 2. The Hall–Kier alpha value is -3.71. The molecule has 0 spiro atoms. The van der Waals surface area contributed by atoms with Gasteiger partial charge in [0.2, 0.25) is 0 Å². The van der Waals surface area contributed by atoms with Gasteiger partial charge in [0.1, 0.15) is 11.6 Å². The summed E-state index contributed by atoms with van der Waals surface area (Å²) in [7, 11) is 2.70. The summed E-state index contributed by atoms with van der Waals surface area (Å²) in [5.41, 5.74) is -0.449. The molecule has 0 atom stereocenters. The number of carbonyl (C=O) groups excluding carboxylic acids is 2. The third-order valence-corrected chi connectivity index (χ3v) is 4.39. The Morgan fingerprint density at radius 2 is 1.86 bits per heavy atom. The molecule has 2 amide bonds. The number of nitrogens with zero attached hydrogens (tertiary/aromatic N) is 3. The van der Waals surface area contributed by atoms with Crippen LogP contribution in [0.4, 0.5) is 5.69 Å². The van der Waals surface area contributed by atoms with Gasteiger partial charge in [-0.15, -0.1) is 0 Å². The van der Waals surface area contributed by atoms with E-state index in [1.54, 1.807) is 6.07 Å². The molecule has 1 aliphatic rings. The molecule has 0 aromatic heterocycles. The normalized spacial score (nSPS) is 15.6. The number of nitriles is 1. The van der Waals surface area contributed by atoms with Crippen molar-refractivity contribution >= 4 is 23.6 Å². The summed E-state index contributed by atoms with van der Waals surface area (Å²) < 4.78 is 10.2. The smallest absolute Gasteiger partial charge is 0.280 e. The zero-order valence-electron chi connectivity index (χ0n) is 16.1. The van der Waals surface area contributed by atoms with E-state index >= 15 is 0 Å². The van der Waals surface area contributed by atoms with Gasteiger partial charge in [-0.2, -0.15) is 5.26 Å². The van der Waals surface area contributed by atoms with Gasteiger partial charge in [-0.25, -0.2) is 0 Å². The zero-order chi connectivity index (χ0) is 21.7. The largest absolute Gasteiger partial charge is 0.493 e. The lowest BCUT2D eigenvalue weighted by Crippen LogP contribution is -2.43. The SMILES string of the molecule is COc1cc(/C=C2/C(=O)N(CCCO)C(=O)C(C#N)=C2C)c([N+](=O)[O-])cc1OC. The number of imide groups is 1. The predicted molar refractivity (Wildman–Crippen MR) is 101 cm³/mol. The van der Waals surface area contributed by atoms with Crippen LogP contribution in [0.15, 0.2) is 28.9 Å². The van der Waals surface area contributed by atoms with Crippen molar-refractivity contribution in [1.29, 1.82) is 5.26 Å². The molecule has 1 heterocycles. The number of nitro groups is 1. The van der Waals surface area contributed by atoms with Crippen LogP contribution in [0, 0.1) is 21.4 Å². The van der Waals surface area contributed by atoms with Gasteiger partial charge in [-0.1, -0.05) is 0 Å². The van der Waals surface area contributed by atoms with Crippen molar-refractivity contribution in [2.45, 2.75) is 13.3 Å². The number of carbonyl (C=O) groups is 2. The highest BCUT2D eigenvalue weighted by atomic mass is 16.6. The Morgan fingerprint density at radius 1 is 1.24 bits per heavy atom. The van der Waals surface area contributed by atoms with E-state index in [0.29, 0.717) is 0 Å². The van der Waals surface area contributed by atoms with Crippen LogP contribution in [0.25, 0.3) is 6.08 Å². The summed E-state index contributed by atoms with van der Waals surface area (Å²) in [6.45, 7) is 1.09. The monoisotopic (exact) mass is 401 g/mol. The number of nitro benzene ring substituents is 1. The van der Waals surface area contributed by atoms with Gasteiger partial charge < -0.3 is 14.6 Å². The summed E-state index contributed by atoms with van der Waals surface area (Å²) in [6, 6.07) is 4.28. The van der Waals surface area contributed by atoms with Crippen LogP contribution >= 0.6 is 0 Å². The first-order valence-corrected chi connectivity index (χ1v) is 8.51. The number of rotatable bonds is 7. The third kappa shape index (κ3) is 4.09. The van der Waals surface area contributed by atoms with E-state index in [0.717, 1.165) is 11.0 Å². The van der Waals surface area contributed by atoms with Crippen molar-refractivity contribution in [2.75, 3.05) is 27.4 Å². The lowest BCUT2D eigenvalue weighted by molar-refractivity contribution is -0.385. The van der Waals surface area contributed by atoms with E-state index in [1.165, 1.54) is 33.3 Å². The van der Waals surface area contributed by atoms with Crippen LogP contribution < -0.4 is 9.47 Å². The second-order valence-corrected chi connectivity index (χ2v) is 6.03. The Balaban J connectivity index is 2.72. The van der Waals surface area contributed by atoms with Crippen LogP contribution in [0.3, 0.4) is 0 Å². The third-order valence-electron chi connectivity index (χ3n) is 4.39. The Morgan fingerprint density at radius 3 is 2.38 bits per heavy atom. The minimum Gasteiger partial charge on any atom is -0.493 e. The lowest BCUT2D eigenvalue weighted by atomic mass is 9.93. The molecule has 2 rings (SSSR count). The van der Waals surface area contributed by atoms with Crippen LogP contribution in [0.5, 0.6) is 11.5 Å². The van der Waals surface area contributed by atoms with Crippen molar-refractivity contribution in [3.8, 4) is 17.6 Å². The van der Waals surface area contributed by atoms with E-state index in [-0.39, 0.29) is 59.0 Å². The molecule has 10 nitrogen and oxygen atoms in total. The molecule has 0 unspecified atom stereocenters. The summed E-state index contributed by atoms with van der Waals surface area (Å²) in [4.78, 5) is 37.0. The van der Waals surface area contributed by atoms with Crippen LogP contribution in [-0.2, 0) is 9.59 Å². The highest BCUT2D eigenvalue weighted by Gasteiger charge is 2.35. The fraction of sp³-hybridized carbons (Fsp3) is 0.316. The summed E-state index contributed by atoms with van der Waals surface area (Å²) in [5, 5.41) is 29.9. The Labute approximate surface area is 166 Å². The zero-order valence-corrected chi connectivity index (χ0v) is 16.1. The minimum absolute atomic E-state index is 0.0330. The molecule has 1 aromatic rings. The molecule has 152 valence electrons. The number of ether oxygens (including phenoxy) is 2. The maximum absolute atomic E-state index is 12.9. The molecule has 0 saturated carbocycles. The molecule has 0 bridgehead atoms.